The van der Waals surface area contributed by atoms with Gasteiger partial charge in [-0.15, -0.1) is 0 Å². The Hall–Kier alpha value is -3.09. The normalized spacial score (nSPS) is 14.7. The minimum Gasteiger partial charge on any atom is -0.475 e. The molecule has 1 aliphatic rings. The van der Waals surface area contributed by atoms with E-state index < -0.39 is 0 Å². The van der Waals surface area contributed by atoms with E-state index >= 15 is 0 Å². The van der Waals surface area contributed by atoms with Gasteiger partial charge in [0.15, 0.2) is 11.4 Å². The van der Waals surface area contributed by atoms with E-state index in [-0.39, 0.29) is 0 Å². The third-order valence-corrected chi connectivity index (χ3v) is 4.70. The maximum Gasteiger partial charge on any atom is 0.262 e. The standard InChI is InChI=1S/C18H17N5O2/c1-3-11(4-1)10-24-18-13-7-6-12(9-15(13)25-23-18)20-17-16-14(21-22-17)5-2-8-19-16/h2,5-9,11H,1,3-4,10H2,(H2,20,21,22). The molecule has 0 bridgehead atoms. The van der Waals surface area contributed by atoms with Crippen molar-refractivity contribution in [2.45, 2.75) is 19.3 Å². The molecule has 2 N–H and O–H groups in total. The van der Waals surface area contributed by atoms with Crippen molar-refractivity contribution in [3.63, 3.8) is 0 Å². The molecule has 3 aromatic heterocycles. The zero-order valence-electron chi connectivity index (χ0n) is 13.5. The minimum atomic E-state index is 0.570. The van der Waals surface area contributed by atoms with Gasteiger partial charge in [0.1, 0.15) is 5.52 Å². The Morgan fingerprint density at radius 1 is 1.28 bits per heavy atom. The molecule has 1 saturated carbocycles. The average molecular weight is 335 g/mol. The summed E-state index contributed by atoms with van der Waals surface area (Å²) in [7, 11) is 0. The number of ether oxygens (including phenoxy) is 1. The summed E-state index contributed by atoms with van der Waals surface area (Å²) in [6.07, 6.45) is 5.54. The van der Waals surface area contributed by atoms with Crippen LogP contribution in [-0.2, 0) is 0 Å². The van der Waals surface area contributed by atoms with E-state index in [0.29, 0.717) is 29.8 Å². The van der Waals surface area contributed by atoms with Crippen LogP contribution in [0.25, 0.3) is 22.0 Å². The van der Waals surface area contributed by atoms with Gasteiger partial charge in [-0.1, -0.05) is 6.42 Å². The minimum absolute atomic E-state index is 0.570. The summed E-state index contributed by atoms with van der Waals surface area (Å²) in [5, 5.41) is 15.4. The van der Waals surface area contributed by atoms with Gasteiger partial charge in [-0.3, -0.25) is 10.1 Å². The lowest BCUT2D eigenvalue weighted by Crippen LogP contribution is -2.19. The lowest BCUT2D eigenvalue weighted by molar-refractivity contribution is 0.171. The van der Waals surface area contributed by atoms with Crippen LogP contribution in [0.3, 0.4) is 0 Å². The second-order valence-electron chi connectivity index (χ2n) is 6.40. The SMILES string of the molecule is c1cnc2c(Nc3ccc4c(OCC5CCC5)noc4c3)n[nH]c2c1. The van der Waals surface area contributed by atoms with Gasteiger partial charge >= 0.3 is 0 Å². The van der Waals surface area contributed by atoms with Crippen LogP contribution in [0, 0.1) is 5.92 Å². The van der Waals surface area contributed by atoms with Crippen LogP contribution in [0.5, 0.6) is 5.88 Å². The van der Waals surface area contributed by atoms with Gasteiger partial charge in [0, 0.05) is 18.0 Å². The van der Waals surface area contributed by atoms with E-state index in [9.17, 15) is 0 Å². The molecule has 5 rings (SSSR count). The third-order valence-electron chi connectivity index (χ3n) is 4.70. The molecule has 0 saturated heterocycles. The Kier molecular flexibility index (Phi) is 3.29. The van der Waals surface area contributed by atoms with Gasteiger partial charge in [0.25, 0.3) is 5.88 Å². The number of nitrogens with one attached hydrogen (secondary N) is 2. The Morgan fingerprint density at radius 2 is 2.24 bits per heavy atom. The predicted octanol–water partition coefficient (Wildman–Crippen LogP) is 4.02. The van der Waals surface area contributed by atoms with Gasteiger partial charge in [0.05, 0.1) is 17.5 Å². The molecule has 25 heavy (non-hydrogen) atoms. The number of H-pyrrole nitrogens is 1. The monoisotopic (exact) mass is 335 g/mol. The smallest absolute Gasteiger partial charge is 0.262 e. The molecule has 4 aromatic rings. The molecule has 1 aliphatic carbocycles. The lowest BCUT2D eigenvalue weighted by atomic mass is 9.86. The summed E-state index contributed by atoms with van der Waals surface area (Å²) in [6.45, 7) is 0.715. The van der Waals surface area contributed by atoms with Crippen molar-refractivity contribution in [1.29, 1.82) is 0 Å². The average Bonchev–Trinajstić information content (AvgIpc) is 3.18. The number of fused-ring (bicyclic) bond motifs is 2. The summed E-state index contributed by atoms with van der Waals surface area (Å²) >= 11 is 0. The van der Waals surface area contributed by atoms with Crippen LogP contribution in [-0.4, -0.2) is 26.9 Å². The van der Waals surface area contributed by atoms with Gasteiger partial charge in [-0.25, -0.2) is 0 Å². The number of anilines is 2. The first kappa shape index (κ1) is 14.3. The van der Waals surface area contributed by atoms with Crippen LogP contribution in [0.4, 0.5) is 11.5 Å². The van der Waals surface area contributed by atoms with Crippen LogP contribution in [0.1, 0.15) is 19.3 Å². The number of hydrogen-bond acceptors (Lipinski definition) is 6. The van der Waals surface area contributed by atoms with E-state index in [1.54, 1.807) is 6.20 Å². The van der Waals surface area contributed by atoms with Crippen molar-refractivity contribution in [3.05, 3.63) is 36.5 Å². The van der Waals surface area contributed by atoms with Gasteiger partial charge < -0.3 is 14.6 Å². The molecular weight excluding hydrogens is 318 g/mol. The van der Waals surface area contributed by atoms with Crippen molar-refractivity contribution < 1.29 is 9.26 Å². The highest BCUT2D eigenvalue weighted by Crippen LogP contribution is 2.31. The van der Waals surface area contributed by atoms with Crippen LogP contribution in [0.15, 0.2) is 41.1 Å². The fourth-order valence-corrected chi connectivity index (χ4v) is 3.03. The lowest BCUT2D eigenvalue weighted by Gasteiger charge is -2.24. The van der Waals surface area contributed by atoms with E-state index in [1.807, 2.05) is 30.3 Å². The van der Waals surface area contributed by atoms with Crippen molar-refractivity contribution >= 4 is 33.5 Å². The summed E-state index contributed by atoms with van der Waals surface area (Å²) in [6, 6.07) is 9.61. The first-order valence-corrected chi connectivity index (χ1v) is 8.45. The topological polar surface area (TPSA) is 88.9 Å². The largest absolute Gasteiger partial charge is 0.475 e. The highest BCUT2D eigenvalue weighted by molar-refractivity contribution is 5.90. The predicted molar refractivity (Wildman–Crippen MR) is 94.0 cm³/mol. The first-order chi connectivity index (χ1) is 12.4. The fourth-order valence-electron chi connectivity index (χ4n) is 3.03. The second kappa shape index (κ2) is 5.77. The van der Waals surface area contributed by atoms with Gasteiger partial charge in [-0.2, -0.15) is 5.10 Å². The second-order valence-corrected chi connectivity index (χ2v) is 6.40. The van der Waals surface area contributed by atoms with E-state index in [4.69, 9.17) is 9.26 Å². The molecule has 7 heteroatoms. The van der Waals surface area contributed by atoms with Crippen molar-refractivity contribution in [2.24, 2.45) is 5.92 Å². The first-order valence-electron chi connectivity index (χ1n) is 8.45. The van der Waals surface area contributed by atoms with Crippen LogP contribution < -0.4 is 10.1 Å². The highest BCUT2D eigenvalue weighted by Gasteiger charge is 2.19. The number of nitrogens with zero attached hydrogens (tertiary/aromatic N) is 3. The number of benzene rings is 1. The molecule has 0 radical (unpaired) electrons. The Morgan fingerprint density at radius 3 is 3.12 bits per heavy atom. The van der Waals surface area contributed by atoms with Crippen molar-refractivity contribution in [2.75, 3.05) is 11.9 Å². The van der Waals surface area contributed by atoms with Gasteiger partial charge in [0.2, 0.25) is 0 Å². The van der Waals surface area contributed by atoms with Crippen LogP contribution in [0.2, 0.25) is 0 Å². The molecule has 1 aromatic carbocycles. The van der Waals surface area contributed by atoms with Gasteiger partial charge in [-0.05, 0) is 48.2 Å². The molecule has 1 fully saturated rings. The number of aromatic nitrogens is 4. The zero-order valence-corrected chi connectivity index (χ0v) is 13.5. The molecule has 0 unspecified atom stereocenters. The Balaban J connectivity index is 1.39. The van der Waals surface area contributed by atoms with E-state index in [1.165, 1.54) is 19.3 Å². The maximum atomic E-state index is 5.81. The maximum absolute atomic E-state index is 5.81. The molecular formula is C18H17N5O2. The third kappa shape index (κ3) is 2.57. The zero-order chi connectivity index (χ0) is 16.6. The Labute approximate surface area is 143 Å². The molecule has 0 aliphatic heterocycles. The number of pyridine rings is 1. The van der Waals surface area contributed by atoms with Crippen LogP contribution >= 0.6 is 0 Å². The molecule has 126 valence electrons. The molecule has 7 nitrogen and oxygen atoms in total. The summed E-state index contributed by atoms with van der Waals surface area (Å²) in [4.78, 5) is 4.35. The number of rotatable bonds is 5. The molecule has 0 spiro atoms. The molecule has 0 atom stereocenters. The van der Waals surface area contributed by atoms with E-state index in [0.717, 1.165) is 22.1 Å². The summed E-state index contributed by atoms with van der Waals surface area (Å²) < 4.78 is 11.2. The van der Waals surface area contributed by atoms with Crippen molar-refractivity contribution in [3.8, 4) is 5.88 Å². The molecule has 0 amide bonds. The number of aromatic amines is 1. The number of hydrogen-bond donors (Lipinski definition) is 2. The van der Waals surface area contributed by atoms with E-state index in [2.05, 4.69) is 25.7 Å². The molecule has 3 heterocycles. The fraction of sp³-hybridized carbons (Fsp3) is 0.278. The highest BCUT2D eigenvalue weighted by atomic mass is 16.5. The summed E-state index contributed by atoms with van der Waals surface area (Å²) in [5.41, 5.74) is 3.22. The van der Waals surface area contributed by atoms with Crippen molar-refractivity contribution in [1.82, 2.24) is 20.3 Å². The Bertz CT molecular complexity index is 1030. The summed E-state index contributed by atoms with van der Waals surface area (Å²) in [5.74, 6) is 1.91. The quantitative estimate of drug-likeness (QED) is 0.572.